The Hall–Kier alpha value is 1.27. The van der Waals surface area contributed by atoms with Crippen molar-refractivity contribution >= 4 is 31.9 Å². The monoisotopic (exact) mass is 466 g/mol. The van der Waals surface area contributed by atoms with E-state index >= 15 is 0 Å². The molecule has 0 aliphatic carbocycles. The second-order valence-electron chi connectivity index (χ2n) is 5.50. The minimum atomic E-state index is -0.362. The van der Waals surface area contributed by atoms with Crippen LogP contribution >= 0.6 is 9.18 Å². The van der Waals surface area contributed by atoms with E-state index in [1.165, 1.54) is 93.9 Å². The molecule has 18 heavy (non-hydrogen) atoms. The molecule has 0 amide bonds. The van der Waals surface area contributed by atoms with Gasteiger partial charge in [-0.25, -0.2) is 0 Å². The third kappa shape index (κ3) is 17.3. The second kappa shape index (κ2) is 18.3. The van der Waals surface area contributed by atoms with Gasteiger partial charge in [-0.3, -0.25) is 0 Å². The van der Waals surface area contributed by atoms with Crippen molar-refractivity contribution in [1.82, 2.24) is 0 Å². The first-order chi connectivity index (χ1) is 8.91. The van der Waals surface area contributed by atoms with Crippen molar-refractivity contribution in [3.8, 4) is 0 Å². The maximum absolute atomic E-state index is 4.43. The average Bonchev–Trinajstić information content (AvgIpc) is 2.39. The molecule has 0 spiro atoms. The molecule has 0 rings (SSSR count). The number of thiol groups is 1. The molecule has 0 nitrogen and oxygen atoms in total. The molecular weight excluding hydrogens is 431 g/mol. The van der Waals surface area contributed by atoms with E-state index in [0.29, 0.717) is 0 Å². The van der Waals surface area contributed by atoms with E-state index in [1.54, 1.807) is 0 Å². The molecule has 108 valence electrons. The summed E-state index contributed by atoms with van der Waals surface area (Å²) in [4.78, 5) is 0. The molecule has 0 saturated heterocycles. The fraction of sp³-hybridized carbons (Fsp3) is 1.00. The Morgan fingerprint density at radius 2 is 0.889 bits per heavy atom. The maximum atomic E-state index is 4.43. The summed E-state index contributed by atoms with van der Waals surface area (Å²) in [6.45, 7) is 2.29. The van der Waals surface area contributed by atoms with Crippen molar-refractivity contribution in [2.75, 3.05) is 0 Å². The summed E-state index contributed by atoms with van der Waals surface area (Å²) in [6, 6.07) is 0. The molecule has 0 unspecified atom stereocenters. The van der Waals surface area contributed by atoms with Crippen LogP contribution in [0, 0.1) is 0 Å². The SMILES string of the molecule is CCCCCCCCCCCCCCC[CH2][Pb][SH]. The number of unbranched alkanes of at least 4 members (excludes halogenated alkanes) is 13. The Morgan fingerprint density at radius 1 is 0.556 bits per heavy atom. The molecule has 0 heterocycles. The van der Waals surface area contributed by atoms with Gasteiger partial charge in [-0.15, -0.1) is 0 Å². The van der Waals surface area contributed by atoms with Gasteiger partial charge in [-0.05, 0) is 0 Å². The van der Waals surface area contributed by atoms with E-state index in [1.807, 2.05) is 0 Å². The summed E-state index contributed by atoms with van der Waals surface area (Å²) in [5, 5.41) is 0. The van der Waals surface area contributed by atoms with Crippen molar-refractivity contribution in [3.63, 3.8) is 0 Å². The van der Waals surface area contributed by atoms with Crippen LogP contribution in [0.25, 0.3) is 0 Å². The molecule has 2 radical (unpaired) electrons. The molecule has 0 atom stereocenters. The van der Waals surface area contributed by atoms with Crippen LogP contribution in [0.1, 0.15) is 96.8 Å². The zero-order valence-corrected chi connectivity index (χ0v) is 17.3. The van der Waals surface area contributed by atoms with E-state index < -0.39 is 0 Å². The topological polar surface area (TPSA) is 0 Å². The average molecular weight is 466 g/mol. The van der Waals surface area contributed by atoms with Gasteiger partial charge in [0.1, 0.15) is 0 Å². The van der Waals surface area contributed by atoms with Crippen molar-refractivity contribution in [2.45, 2.75) is 101 Å². The van der Waals surface area contributed by atoms with E-state index in [9.17, 15) is 0 Å². The van der Waals surface area contributed by atoms with Crippen molar-refractivity contribution in [1.29, 1.82) is 0 Å². The van der Waals surface area contributed by atoms with Crippen LogP contribution in [0.15, 0.2) is 0 Å². The van der Waals surface area contributed by atoms with E-state index in [0.717, 1.165) is 0 Å². The van der Waals surface area contributed by atoms with Gasteiger partial charge in [-0.2, -0.15) is 0 Å². The molecule has 0 aromatic heterocycles. The predicted octanol–water partition coefficient (Wildman–Crippen LogP) is 6.44. The van der Waals surface area contributed by atoms with Crippen LogP contribution in [0.4, 0.5) is 0 Å². The first kappa shape index (κ1) is 19.3. The molecule has 0 fully saturated rings. The van der Waals surface area contributed by atoms with Gasteiger partial charge in [0, 0.05) is 0 Å². The summed E-state index contributed by atoms with van der Waals surface area (Å²) in [6.07, 6.45) is 20.6. The van der Waals surface area contributed by atoms with Crippen molar-refractivity contribution < 1.29 is 0 Å². The quantitative estimate of drug-likeness (QED) is 0.161. The van der Waals surface area contributed by atoms with Gasteiger partial charge >= 0.3 is 107 Å². The fourth-order valence-electron chi connectivity index (χ4n) is 2.40. The number of hydrogen-bond acceptors (Lipinski definition) is 1. The van der Waals surface area contributed by atoms with Crippen LogP contribution in [0.2, 0.25) is 3.98 Å². The molecule has 0 aromatic carbocycles. The standard InChI is InChI=1S/C16H33.Pb.H2S/c1-3-5-7-9-11-13-15-16-14-12-10-8-6-4-2;;/h1,3-16H2,2H3;;1H2/q;+1;/p-1. The van der Waals surface area contributed by atoms with Crippen molar-refractivity contribution in [2.24, 2.45) is 0 Å². The van der Waals surface area contributed by atoms with Crippen LogP contribution in [0.5, 0.6) is 0 Å². The Balaban J connectivity index is 2.86. The van der Waals surface area contributed by atoms with Gasteiger partial charge in [0.25, 0.3) is 0 Å². The van der Waals surface area contributed by atoms with E-state index in [-0.39, 0.29) is 22.7 Å². The zero-order chi connectivity index (χ0) is 13.3. The molecule has 0 aliphatic rings. The molecule has 0 bridgehead atoms. The minimum absolute atomic E-state index is 0.362. The summed E-state index contributed by atoms with van der Waals surface area (Å²) in [5.41, 5.74) is 0. The van der Waals surface area contributed by atoms with Crippen LogP contribution in [-0.2, 0) is 0 Å². The molecule has 0 aliphatic heterocycles. The number of rotatable bonds is 15. The molecule has 2 heteroatoms. The molecule has 0 aromatic rings. The molecule has 0 N–H and O–H groups in total. The Kier molecular flexibility index (Phi) is 19.6. The number of hydrogen-bond donors (Lipinski definition) is 1. The van der Waals surface area contributed by atoms with E-state index in [4.69, 9.17) is 0 Å². The Bertz CT molecular complexity index is 123. The van der Waals surface area contributed by atoms with Gasteiger partial charge in [-0.1, -0.05) is 26.2 Å². The normalized spacial score (nSPS) is 11.0. The molecular formula is C16H34PbS. The third-order valence-corrected chi connectivity index (χ3v) is 7.85. The van der Waals surface area contributed by atoms with Gasteiger partial charge in [0.2, 0.25) is 0 Å². The fourth-order valence-corrected chi connectivity index (χ4v) is 5.37. The first-order valence-electron chi connectivity index (χ1n) is 8.28. The van der Waals surface area contributed by atoms with Gasteiger partial charge in [0.05, 0.1) is 0 Å². The summed E-state index contributed by atoms with van der Waals surface area (Å²) in [5.74, 6) is 0. The Morgan fingerprint density at radius 3 is 1.22 bits per heavy atom. The third-order valence-electron chi connectivity index (χ3n) is 3.64. The first-order valence-corrected chi connectivity index (χ1v) is 16.7. The summed E-state index contributed by atoms with van der Waals surface area (Å²) in [7, 11) is 4.43. The van der Waals surface area contributed by atoms with Crippen molar-refractivity contribution in [3.05, 3.63) is 0 Å². The van der Waals surface area contributed by atoms with Crippen LogP contribution in [0.3, 0.4) is 0 Å². The molecule has 0 saturated carbocycles. The van der Waals surface area contributed by atoms with Gasteiger partial charge in [0.15, 0.2) is 0 Å². The summed E-state index contributed by atoms with van der Waals surface area (Å²) >= 11 is -0.362. The van der Waals surface area contributed by atoms with Gasteiger partial charge < -0.3 is 0 Å². The van der Waals surface area contributed by atoms with Crippen LogP contribution in [-0.4, -0.2) is 22.7 Å². The second-order valence-corrected chi connectivity index (χ2v) is 11.5. The summed E-state index contributed by atoms with van der Waals surface area (Å²) < 4.78 is 1.50. The predicted molar refractivity (Wildman–Crippen MR) is 89.9 cm³/mol. The zero-order valence-electron chi connectivity index (χ0n) is 12.6. The Labute approximate surface area is 132 Å². The van der Waals surface area contributed by atoms with Crippen LogP contribution < -0.4 is 0 Å². The van der Waals surface area contributed by atoms with E-state index in [2.05, 4.69) is 16.1 Å².